The predicted octanol–water partition coefficient (Wildman–Crippen LogP) is 1.29. The van der Waals surface area contributed by atoms with Crippen LogP contribution in [0, 0.1) is 0 Å². The van der Waals surface area contributed by atoms with Crippen LogP contribution < -0.4 is 0 Å². The molecule has 0 amide bonds. The van der Waals surface area contributed by atoms with E-state index in [0.717, 1.165) is 0 Å². The molecule has 0 bridgehead atoms. The first-order valence-electron chi connectivity index (χ1n) is 2.78. The Balaban J connectivity index is 2.53. The lowest BCUT2D eigenvalue weighted by atomic mass is 10.4. The summed E-state index contributed by atoms with van der Waals surface area (Å²) in [5, 5.41) is 0. The van der Waals surface area contributed by atoms with Gasteiger partial charge in [-0.15, -0.1) is 0 Å². The minimum atomic E-state index is 0.631. The molecule has 0 saturated heterocycles. The number of hydrogen-bond donors (Lipinski definition) is 0. The summed E-state index contributed by atoms with van der Waals surface area (Å²) >= 11 is 0. The Morgan fingerprint density at radius 1 is 0.875 bits per heavy atom. The lowest BCUT2D eigenvalue weighted by Crippen LogP contribution is -1.79. The van der Waals surface area contributed by atoms with Crippen molar-refractivity contribution in [2.75, 3.05) is 12.3 Å². The highest BCUT2D eigenvalue weighted by Gasteiger charge is 1.82. The summed E-state index contributed by atoms with van der Waals surface area (Å²) in [5.41, 5.74) is 0. The van der Waals surface area contributed by atoms with Gasteiger partial charge in [-0.3, -0.25) is 0 Å². The van der Waals surface area contributed by atoms with Gasteiger partial charge in [0.15, 0.2) is 0 Å². The average molecular weight is 142 g/mol. The van der Waals surface area contributed by atoms with E-state index >= 15 is 0 Å². The van der Waals surface area contributed by atoms with Gasteiger partial charge >= 0.3 is 0 Å². The summed E-state index contributed by atoms with van der Waals surface area (Å²) in [6.07, 6.45) is 4.90. The van der Waals surface area contributed by atoms with E-state index in [1.807, 2.05) is 0 Å². The third-order valence-corrected chi connectivity index (χ3v) is 2.18. The van der Waals surface area contributed by atoms with Crippen molar-refractivity contribution in [3.8, 4) is 0 Å². The van der Waals surface area contributed by atoms with Crippen molar-refractivity contribution in [2.24, 2.45) is 0 Å². The molecule has 0 aliphatic carbocycles. The van der Waals surface area contributed by atoms with E-state index in [1.54, 1.807) is 0 Å². The standard InChI is InChI=1S/C4H10B2P2/c5-7-3-1-2-4-8-6/h7-8H,1-4H2. The van der Waals surface area contributed by atoms with Gasteiger partial charge in [-0.1, -0.05) is 12.8 Å². The Hall–Kier alpha value is 0.990. The van der Waals surface area contributed by atoms with E-state index in [-0.39, 0.29) is 0 Å². The van der Waals surface area contributed by atoms with Crippen molar-refractivity contribution in [3.05, 3.63) is 0 Å². The maximum Gasteiger partial charge on any atom is 0.104 e. The molecule has 0 saturated carbocycles. The summed E-state index contributed by atoms with van der Waals surface area (Å²) in [5.74, 6) is 0. The molecule has 2 unspecified atom stereocenters. The topological polar surface area (TPSA) is 0 Å². The minimum absolute atomic E-state index is 0.631. The molecule has 0 heterocycles. The van der Waals surface area contributed by atoms with E-state index in [2.05, 4.69) is 0 Å². The molecule has 0 N–H and O–H groups in total. The normalized spacial score (nSPS) is 12.5. The largest absolute Gasteiger partial charge is 0.172 e. The first kappa shape index (κ1) is 8.99. The molecule has 0 aromatic rings. The van der Waals surface area contributed by atoms with E-state index in [1.165, 1.54) is 25.2 Å². The third kappa shape index (κ3) is 6.99. The highest BCUT2D eigenvalue weighted by molar-refractivity contribution is 7.66. The van der Waals surface area contributed by atoms with Gasteiger partial charge in [0.2, 0.25) is 0 Å². The predicted molar refractivity (Wildman–Crippen MR) is 47.1 cm³/mol. The Labute approximate surface area is 57.9 Å². The van der Waals surface area contributed by atoms with Crippen LogP contribution in [-0.2, 0) is 0 Å². The van der Waals surface area contributed by atoms with Crippen LogP contribution in [0.5, 0.6) is 0 Å². The zero-order chi connectivity index (χ0) is 6.24. The summed E-state index contributed by atoms with van der Waals surface area (Å²) in [6, 6.07) is 0. The molecule has 0 nitrogen and oxygen atoms in total. The minimum Gasteiger partial charge on any atom is -0.172 e. The fourth-order valence-electron chi connectivity index (χ4n) is 0.454. The maximum atomic E-state index is 5.31. The Morgan fingerprint density at radius 2 is 1.25 bits per heavy atom. The second-order valence-electron chi connectivity index (χ2n) is 1.62. The van der Waals surface area contributed by atoms with Crippen molar-refractivity contribution in [1.29, 1.82) is 0 Å². The van der Waals surface area contributed by atoms with Gasteiger partial charge in [0, 0.05) is 0 Å². The van der Waals surface area contributed by atoms with E-state index in [4.69, 9.17) is 15.1 Å². The molecule has 0 aromatic heterocycles. The van der Waals surface area contributed by atoms with Crippen molar-refractivity contribution < 1.29 is 0 Å². The maximum absolute atomic E-state index is 5.31. The van der Waals surface area contributed by atoms with Crippen molar-refractivity contribution in [1.82, 2.24) is 0 Å². The zero-order valence-electron chi connectivity index (χ0n) is 4.98. The monoisotopic (exact) mass is 142 g/mol. The molecular formula is C4H10B2P2. The molecule has 42 valence electrons. The van der Waals surface area contributed by atoms with Crippen molar-refractivity contribution in [3.63, 3.8) is 0 Å². The number of rotatable bonds is 5. The smallest absolute Gasteiger partial charge is 0.104 e. The van der Waals surface area contributed by atoms with Gasteiger partial charge in [-0.05, 0) is 12.3 Å². The summed E-state index contributed by atoms with van der Waals surface area (Å²) in [7, 11) is 11.9. The quantitative estimate of drug-likeness (QED) is 0.308. The molecule has 4 heteroatoms. The lowest BCUT2D eigenvalue weighted by Gasteiger charge is -1.94. The molecule has 4 radical (unpaired) electrons. The Morgan fingerprint density at radius 3 is 1.50 bits per heavy atom. The van der Waals surface area contributed by atoms with Gasteiger partial charge in [-0.2, -0.15) is 16.9 Å². The summed E-state index contributed by atoms with van der Waals surface area (Å²) in [4.78, 5) is 0. The Bertz CT molecular complexity index is 37.0. The second kappa shape index (κ2) is 7.99. The summed E-state index contributed by atoms with van der Waals surface area (Å²) in [6.45, 7) is 0. The first-order chi connectivity index (χ1) is 3.91. The van der Waals surface area contributed by atoms with Crippen LogP contribution >= 0.6 is 16.9 Å². The molecule has 0 spiro atoms. The van der Waals surface area contributed by atoms with Gasteiger partial charge in [0.05, 0.1) is 0 Å². The van der Waals surface area contributed by atoms with Crippen molar-refractivity contribution in [2.45, 2.75) is 12.8 Å². The van der Waals surface area contributed by atoms with Gasteiger partial charge in [-0.25, -0.2) is 0 Å². The zero-order valence-corrected chi connectivity index (χ0v) is 6.98. The molecule has 0 fully saturated rings. The number of hydrogen-bond acceptors (Lipinski definition) is 0. The fourth-order valence-corrected chi connectivity index (χ4v) is 1.36. The molecule has 0 aliphatic heterocycles. The van der Waals surface area contributed by atoms with Crippen molar-refractivity contribution >= 4 is 32.1 Å². The molecular weight excluding hydrogens is 132 g/mol. The van der Waals surface area contributed by atoms with Crippen LogP contribution in [0.2, 0.25) is 0 Å². The van der Waals surface area contributed by atoms with Crippen LogP contribution in [0.15, 0.2) is 0 Å². The second-order valence-corrected chi connectivity index (χ2v) is 3.43. The first-order valence-corrected chi connectivity index (χ1v) is 5.35. The molecule has 2 atom stereocenters. The highest BCUT2D eigenvalue weighted by atomic mass is 31.1. The highest BCUT2D eigenvalue weighted by Crippen LogP contribution is 2.09. The van der Waals surface area contributed by atoms with Gasteiger partial charge < -0.3 is 0 Å². The van der Waals surface area contributed by atoms with Crippen LogP contribution in [0.3, 0.4) is 0 Å². The van der Waals surface area contributed by atoms with Gasteiger partial charge in [0.1, 0.15) is 15.1 Å². The fraction of sp³-hybridized carbons (Fsp3) is 1.00. The van der Waals surface area contributed by atoms with Crippen LogP contribution in [0.4, 0.5) is 0 Å². The summed E-state index contributed by atoms with van der Waals surface area (Å²) < 4.78 is 0. The molecule has 0 aromatic carbocycles. The number of unbranched alkanes of at least 4 members (excludes halogenated alkanes) is 1. The average Bonchev–Trinajstić information content (AvgIpc) is 1.81. The van der Waals surface area contributed by atoms with Crippen LogP contribution in [-0.4, -0.2) is 27.5 Å². The molecule has 0 rings (SSSR count). The Kier molecular flexibility index (Phi) is 8.98. The third-order valence-electron chi connectivity index (χ3n) is 0.892. The molecule has 0 aliphatic rings. The molecule has 8 heavy (non-hydrogen) atoms. The van der Waals surface area contributed by atoms with E-state index < -0.39 is 0 Å². The van der Waals surface area contributed by atoms with Gasteiger partial charge in [0.25, 0.3) is 0 Å². The van der Waals surface area contributed by atoms with Crippen LogP contribution in [0.1, 0.15) is 12.8 Å². The van der Waals surface area contributed by atoms with E-state index in [9.17, 15) is 0 Å². The van der Waals surface area contributed by atoms with Crippen LogP contribution in [0.25, 0.3) is 0 Å². The van der Waals surface area contributed by atoms with E-state index in [0.29, 0.717) is 16.9 Å². The SMILES string of the molecule is [B]PCCCCP[B]. The lowest BCUT2D eigenvalue weighted by molar-refractivity contribution is 0.907.